The van der Waals surface area contributed by atoms with Crippen LogP contribution in [0.5, 0.6) is 0 Å². The van der Waals surface area contributed by atoms with Gasteiger partial charge in [0.05, 0.1) is 24.5 Å². The molecule has 0 aromatic heterocycles. The molecule has 0 radical (unpaired) electrons. The normalized spacial score (nSPS) is 17.6. The lowest BCUT2D eigenvalue weighted by Gasteiger charge is -2.56. The maximum Gasteiger partial charge on any atom is 0.410 e. The van der Waals surface area contributed by atoms with Crippen molar-refractivity contribution >= 4 is 51.9 Å². The van der Waals surface area contributed by atoms with Gasteiger partial charge in [-0.2, -0.15) is 11.2 Å². The van der Waals surface area contributed by atoms with Crippen molar-refractivity contribution in [1.82, 2.24) is 9.80 Å². The number of benzene rings is 1. The molecule has 0 unspecified atom stereocenters. The van der Waals surface area contributed by atoms with E-state index < -0.39 is 28.6 Å². The zero-order valence-electron chi connectivity index (χ0n) is 26.4. The number of rotatable bonds is 12. The van der Waals surface area contributed by atoms with Gasteiger partial charge in [-0.25, -0.2) is 9.59 Å². The van der Waals surface area contributed by atoms with Gasteiger partial charge in [-0.15, -0.1) is 0 Å². The van der Waals surface area contributed by atoms with E-state index in [-0.39, 0.29) is 30.9 Å². The maximum absolute atomic E-state index is 13.3. The van der Waals surface area contributed by atoms with Gasteiger partial charge in [-0.1, -0.05) is 89.3 Å². The van der Waals surface area contributed by atoms with Gasteiger partial charge in [0.25, 0.3) is 0 Å². The van der Waals surface area contributed by atoms with Crippen LogP contribution in [-0.2, 0) is 16.1 Å². The second-order valence-corrected chi connectivity index (χ2v) is 60.1. The molecule has 1 saturated heterocycles. The highest BCUT2D eigenvalue weighted by molar-refractivity contribution is 8.50. The van der Waals surface area contributed by atoms with Crippen LogP contribution in [0.15, 0.2) is 30.3 Å². The van der Waals surface area contributed by atoms with Crippen LogP contribution in [-0.4, -0.2) is 88.1 Å². The zero-order valence-corrected chi connectivity index (χ0v) is 31.2. The van der Waals surface area contributed by atoms with Gasteiger partial charge in [0.15, 0.2) is 0 Å². The van der Waals surface area contributed by atoms with E-state index in [1.165, 1.54) is 0 Å². The molecule has 2 atom stereocenters. The molecule has 11 heteroatoms. The molecule has 1 aromatic rings. The van der Waals surface area contributed by atoms with Crippen LogP contribution in [0.25, 0.3) is 0 Å². The van der Waals surface area contributed by atoms with Crippen molar-refractivity contribution in [1.29, 1.82) is 0 Å². The molecule has 0 saturated carbocycles. The van der Waals surface area contributed by atoms with Crippen LogP contribution >= 0.6 is 11.2 Å². The van der Waals surface area contributed by atoms with Crippen LogP contribution in [0.3, 0.4) is 0 Å². The van der Waals surface area contributed by atoms with Gasteiger partial charge in [-0.05, 0) is 32.3 Å². The maximum atomic E-state index is 13.3. The van der Waals surface area contributed by atoms with Gasteiger partial charge in [-0.3, -0.25) is 0 Å². The molecule has 39 heavy (non-hydrogen) atoms. The molecule has 1 fully saturated rings. The van der Waals surface area contributed by atoms with Crippen LogP contribution < -0.4 is 0 Å². The summed E-state index contributed by atoms with van der Waals surface area (Å²) in [6.07, 6.45) is 1.21. The lowest BCUT2D eigenvalue weighted by molar-refractivity contribution is 0.0570. The third kappa shape index (κ3) is 8.05. The van der Waals surface area contributed by atoms with Crippen molar-refractivity contribution in [2.75, 3.05) is 25.4 Å². The highest BCUT2D eigenvalue weighted by atomic mass is 32.4. The van der Waals surface area contributed by atoms with Gasteiger partial charge in [0, 0.05) is 41.6 Å². The molecule has 1 aliphatic heterocycles. The molecule has 0 aliphatic carbocycles. The number of hydrogen-bond acceptors (Lipinski definition) is 5. The molecule has 0 N–H and O–H groups in total. The van der Waals surface area contributed by atoms with Crippen molar-refractivity contribution in [3.8, 4) is 0 Å². The van der Waals surface area contributed by atoms with Gasteiger partial charge < -0.3 is 19.3 Å². The monoisotopic (exact) mass is 626 g/mol. The van der Waals surface area contributed by atoms with Crippen molar-refractivity contribution in [3.63, 3.8) is 0 Å². The number of amides is 2. The summed E-state index contributed by atoms with van der Waals surface area (Å²) in [6, 6.07) is 9.56. The first-order valence-electron chi connectivity index (χ1n) is 14.5. The van der Waals surface area contributed by atoms with Crippen molar-refractivity contribution in [2.24, 2.45) is 0 Å². The Balaban J connectivity index is 2.22. The van der Waals surface area contributed by atoms with E-state index in [4.69, 9.17) is 9.47 Å². The van der Waals surface area contributed by atoms with E-state index in [1.807, 2.05) is 47.1 Å². The van der Waals surface area contributed by atoms with Crippen molar-refractivity contribution < 1.29 is 19.1 Å². The van der Waals surface area contributed by atoms with Crippen molar-refractivity contribution in [3.05, 3.63) is 35.9 Å². The summed E-state index contributed by atoms with van der Waals surface area (Å²) in [5.74, 6) is -0.647. The Morgan fingerprint density at radius 3 is 2.05 bits per heavy atom. The van der Waals surface area contributed by atoms with E-state index in [9.17, 15) is 9.59 Å². The number of carbonyl (C=O) groups excluding carboxylic acids is 2. The number of nitrogens with zero attached hydrogens (tertiary/aromatic N) is 2. The molecule has 6 nitrogen and oxygen atoms in total. The summed E-state index contributed by atoms with van der Waals surface area (Å²) in [5.41, 5.74) is 0.972. The predicted octanol–water partition coefficient (Wildman–Crippen LogP) is 7.56. The highest BCUT2D eigenvalue weighted by Crippen LogP contribution is 2.44. The standard InChI is InChI=1S/C28H54N2O4SSi4/c1-12-33-27(31)29(21-22-35-39(36(3,4)5,37(6,7)8)38(9,10)11)24(2)26-19-16-20-30(26)28(32)34-23-25-17-14-13-15-18-25/h13-15,17-18,24,26H,12,16,19-23H2,1-11H3/t24-,26-/m0/s1. The van der Waals surface area contributed by atoms with Gasteiger partial charge in [0.2, 0.25) is 0 Å². The van der Waals surface area contributed by atoms with Crippen LogP contribution in [0.1, 0.15) is 32.3 Å². The van der Waals surface area contributed by atoms with E-state index in [1.54, 1.807) is 0 Å². The number of hydrogen-bond donors (Lipinski definition) is 0. The minimum Gasteiger partial charge on any atom is -0.450 e. The largest absolute Gasteiger partial charge is 0.450 e. The molecular formula is C28H54N2O4SSi4. The molecule has 2 rings (SSSR count). The third-order valence-corrected chi connectivity index (χ3v) is 97.1. The lowest BCUT2D eigenvalue weighted by atomic mass is 10.1. The topological polar surface area (TPSA) is 59.1 Å². The molecule has 1 aromatic carbocycles. The third-order valence-electron chi connectivity index (χ3n) is 8.11. The van der Waals surface area contributed by atoms with Gasteiger partial charge >= 0.3 is 12.2 Å². The average Bonchev–Trinajstić information content (AvgIpc) is 3.30. The number of carbonyl (C=O) groups is 2. The minimum absolute atomic E-state index is 0.0735. The Morgan fingerprint density at radius 2 is 1.54 bits per heavy atom. The first-order valence-corrected chi connectivity index (χ1v) is 31.7. The summed E-state index contributed by atoms with van der Waals surface area (Å²) < 4.78 is 11.2. The molecule has 2 amide bonds. The van der Waals surface area contributed by atoms with Crippen LogP contribution in [0, 0.1) is 0 Å². The smallest absolute Gasteiger partial charge is 0.410 e. The second kappa shape index (κ2) is 13.8. The van der Waals surface area contributed by atoms with Crippen molar-refractivity contribution in [2.45, 2.75) is 104 Å². The summed E-state index contributed by atoms with van der Waals surface area (Å²) in [7, 11) is -4.25. The molecule has 1 aliphatic rings. The molecule has 0 spiro atoms. The molecule has 222 valence electrons. The highest BCUT2D eigenvalue weighted by Gasteiger charge is 2.62. The molecular weight excluding hydrogens is 573 g/mol. The summed E-state index contributed by atoms with van der Waals surface area (Å²) in [5, 5.41) is 0. The molecule has 0 bridgehead atoms. The average molecular weight is 627 g/mol. The SMILES string of the molecule is CCOC(=O)N(CCS[Si]([Si](C)(C)C)([Si](C)(C)C)[Si](C)(C)C)[C@@H](C)[C@@H]1CCCN1C(=O)OCc1ccccc1. The van der Waals surface area contributed by atoms with Crippen LogP contribution in [0.2, 0.25) is 58.9 Å². The summed E-state index contributed by atoms with van der Waals surface area (Å²) >= 11 is 2.30. The van der Waals surface area contributed by atoms with E-state index in [0.29, 0.717) is 19.7 Å². The number of likely N-dealkylation sites (tertiary alicyclic amines) is 1. The Bertz CT molecular complexity index is 912. The Hall–Kier alpha value is -1.02. The van der Waals surface area contributed by atoms with Crippen LogP contribution in [0.4, 0.5) is 9.59 Å². The van der Waals surface area contributed by atoms with Gasteiger partial charge in [0.1, 0.15) is 6.61 Å². The fourth-order valence-corrected chi connectivity index (χ4v) is 117. The minimum atomic E-state index is -1.59. The van der Waals surface area contributed by atoms with E-state index in [2.05, 4.69) is 77.1 Å². The summed E-state index contributed by atoms with van der Waals surface area (Å²) in [4.78, 5) is 30.1. The Kier molecular flexibility index (Phi) is 12.1. The Morgan fingerprint density at radius 1 is 0.974 bits per heavy atom. The fraction of sp³-hybridized carbons (Fsp3) is 0.714. The first-order chi connectivity index (χ1) is 18.0. The number of ether oxygens (including phenoxy) is 2. The lowest BCUT2D eigenvalue weighted by Crippen LogP contribution is -2.81. The van der Waals surface area contributed by atoms with E-state index >= 15 is 0 Å². The fourth-order valence-electron chi connectivity index (χ4n) is 7.52. The molecule has 1 heterocycles. The first kappa shape index (κ1) is 34.2. The second-order valence-electron chi connectivity index (χ2n) is 13.9. The van der Waals surface area contributed by atoms with E-state index in [0.717, 1.165) is 24.2 Å². The quantitative estimate of drug-likeness (QED) is 0.224. The summed E-state index contributed by atoms with van der Waals surface area (Å²) in [6.45, 7) is 29.3. The zero-order chi connectivity index (χ0) is 29.6. The predicted molar refractivity (Wildman–Crippen MR) is 178 cm³/mol. The Labute approximate surface area is 245 Å².